The fraction of sp³-hybridized carbons (Fsp3) is 0.538. The van der Waals surface area contributed by atoms with Gasteiger partial charge in [0.2, 0.25) is 0 Å². The Kier molecular flexibility index (Phi) is 4.05. The van der Waals surface area contributed by atoms with Crippen LogP contribution in [0.1, 0.15) is 39.6 Å². The van der Waals surface area contributed by atoms with Crippen molar-refractivity contribution >= 4 is 17.2 Å². The van der Waals surface area contributed by atoms with Crippen molar-refractivity contribution in [3.63, 3.8) is 0 Å². The first-order chi connectivity index (χ1) is 9.83. The minimum atomic E-state index is -0.0528. The van der Waals surface area contributed by atoms with Gasteiger partial charge in [-0.1, -0.05) is 5.21 Å². The standard InChI is InChI=1S/C13H17N5OS/c19-12(14-6-3-8-18-9-7-15-17-18)13-16-10-4-1-2-5-11(10)20-13/h7,9H,1-6,8H2,(H,14,19). The number of aromatic nitrogens is 4. The van der Waals surface area contributed by atoms with Crippen molar-refractivity contribution in [1.82, 2.24) is 25.3 Å². The van der Waals surface area contributed by atoms with E-state index >= 15 is 0 Å². The molecular weight excluding hydrogens is 274 g/mol. The van der Waals surface area contributed by atoms with Crippen molar-refractivity contribution < 1.29 is 4.79 Å². The second-order valence-corrected chi connectivity index (χ2v) is 5.96. The molecule has 0 atom stereocenters. The third kappa shape index (κ3) is 3.04. The number of nitrogens with one attached hydrogen (secondary N) is 1. The molecule has 0 fully saturated rings. The number of rotatable bonds is 5. The number of hydrogen-bond donors (Lipinski definition) is 1. The molecule has 0 unspecified atom stereocenters. The molecule has 0 saturated carbocycles. The molecule has 7 heteroatoms. The minimum absolute atomic E-state index is 0.0528. The lowest BCUT2D eigenvalue weighted by Gasteiger charge is -2.06. The van der Waals surface area contributed by atoms with Crippen molar-refractivity contribution in [2.24, 2.45) is 0 Å². The second kappa shape index (κ2) is 6.13. The van der Waals surface area contributed by atoms with Crippen LogP contribution in [0.3, 0.4) is 0 Å². The van der Waals surface area contributed by atoms with E-state index in [1.165, 1.54) is 17.7 Å². The van der Waals surface area contributed by atoms with Gasteiger partial charge in [0.1, 0.15) is 0 Å². The summed E-state index contributed by atoms with van der Waals surface area (Å²) in [6.07, 6.45) is 8.80. The number of amides is 1. The molecule has 1 N–H and O–H groups in total. The molecule has 0 aromatic carbocycles. The number of carbonyl (C=O) groups is 1. The van der Waals surface area contributed by atoms with Gasteiger partial charge < -0.3 is 5.32 Å². The fourth-order valence-electron chi connectivity index (χ4n) is 2.32. The first-order valence-electron chi connectivity index (χ1n) is 6.94. The number of carbonyl (C=O) groups excluding carboxylic acids is 1. The van der Waals surface area contributed by atoms with Crippen molar-refractivity contribution in [1.29, 1.82) is 0 Å². The van der Waals surface area contributed by atoms with E-state index in [-0.39, 0.29) is 5.91 Å². The highest BCUT2D eigenvalue weighted by Gasteiger charge is 2.18. The minimum Gasteiger partial charge on any atom is -0.350 e. The van der Waals surface area contributed by atoms with Crippen molar-refractivity contribution in [2.75, 3.05) is 6.54 Å². The van der Waals surface area contributed by atoms with E-state index in [0.717, 1.165) is 31.5 Å². The van der Waals surface area contributed by atoms with Gasteiger partial charge in [0, 0.05) is 24.2 Å². The molecule has 2 aromatic heterocycles. The smallest absolute Gasteiger partial charge is 0.280 e. The van der Waals surface area contributed by atoms with E-state index in [1.807, 2.05) is 6.20 Å². The number of hydrogen-bond acceptors (Lipinski definition) is 5. The topological polar surface area (TPSA) is 72.7 Å². The van der Waals surface area contributed by atoms with E-state index in [1.54, 1.807) is 22.2 Å². The highest BCUT2D eigenvalue weighted by atomic mass is 32.1. The van der Waals surface area contributed by atoms with Crippen LogP contribution >= 0.6 is 11.3 Å². The summed E-state index contributed by atoms with van der Waals surface area (Å²) < 4.78 is 1.76. The number of thiazole rings is 1. The van der Waals surface area contributed by atoms with Gasteiger partial charge in [-0.05, 0) is 32.1 Å². The summed E-state index contributed by atoms with van der Waals surface area (Å²) >= 11 is 1.55. The number of aryl methyl sites for hydroxylation is 3. The van der Waals surface area contributed by atoms with E-state index < -0.39 is 0 Å². The van der Waals surface area contributed by atoms with Crippen LogP contribution in [0.4, 0.5) is 0 Å². The summed E-state index contributed by atoms with van der Waals surface area (Å²) in [6.45, 7) is 1.39. The zero-order chi connectivity index (χ0) is 13.8. The summed E-state index contributed by atoms with van der Waals surface area (Å²) in [5.74, 6) is -0.0528. The van der Waals surface area contributed by atoms with Crippen molar-refractivity contribution in [3.8, 4) is 0 Å². The normalized spacial score (nSPS) is 14.0. The van der Waals surface area contributed by atoms with Crippen LogP contribution in [0.5, 0.6) is 0 Å². The highest BCUT2D eigenvalue weighted by Crippen LogP contribution is 2.26. The van der Waals surface area contributed by atoms with Gasteiger partial charge in [0.05, 0.1) is 11.9 Å². The molecule has 1 aliphatic carbocycles. The molecule has 0 radical (unpaired) electrons. The van der Waals surface area contributed by atoms with E-state index in [9.17, 15) is 4.79 Å². The van der Waals surface area contributed by atoms with Crippen molar-refractivity contribution in [3.05, 3.63) is 28.0 Å². The van der Waals surface area contributed by atoms with E-state index in [0.29, 0.717) is 11.6 Å². The average Bonchev–Trinajstić information content (AvgIpc) is 3.12. The Balaban J connectivity index is 1.48. The SMILES string of the molecule is O=C(NCCCn1ccnn1)c1nc2c(s1)CCCC2. The Morgan fingerprint density at radius 3 is 3.10 bits per heavy atom. The van der Waals surface area contributed by atoms with Crippen LogP contribution in [0.15, 0.2) is 12.4 Å². The quantitative estimate of drug-likeness (QED) is 0.846. The zero-order valence-electron chi connectivity index (χ0n) is 11.2. The lowest BCUT2D eigenvalue weighted by Crippen LogP contribution is -2.25. The van der Waals surface area contributed by atoms with Gasteiger partial charge in [0.15, 0.2) is 5.01 Å². The van der Waals surface area contributed by atoms with Gasteiger partial charge in [-0.25, -0.2) is 4.98 Å². The summed E-state index contributed by atoms with van der Waals surface area (Å²) in [7, 11) is 0. The number of nitrogens with zero attached hydrogens (tertiary/aromatic N) is 4. The monoisotopic (exact) mass is 291 g/mol. The molecule has 106 valence electrons. The molecule has 2 heterocycles. The molecule has 1 aliphatic rings. The molecule has 2 aromatic rings. The van der Waals surface area contributed by atoms with Gasteiger partial charge in [-0.3, -0.25) is 9.48 Å². The predicted molar refractivity (Wildman–Crippen MR) is 75.7 cm³/mol. The second-order valence-electron chi connectivity index (χ2n) is 4.87. The Morgan fingerprint density at radius 1 is 1.40 bits per heavy atom. The maximum atomic E-state index is 12.0. The summed E-state index contributed by atoms with van der Waals surface area (Å²) in [5, 5.41) is 11.1. The molecule has 1 amide bonds. The van der Waals surface area contributed by atoms with Crippen LogP contribution in [0.25, 0.3) is 0 Å². The Morgan fingerprint density at radius 2 is 2.30 bits per heavy atom. The molecule has 0 saturated heterocycles. The van der Waals surface area contributed by atoms with Gasteiger partial charge in [-0.2, -0.15) is 0 Å². The van der Waals surface area contributed by atoms with Crippen LogP contribution in [0.2, 0.25) is 0 Å². The number of fused-ring (bicyclic) bond motifs is 1. The highest BCUT2D eigenvalue weighted by molar-refractivity contribution is 7.13. The van der Waals surface area contributed by atoms with Crippen LogP contribution < -0.4 is 5.32 Å². The lowest BCUT2D eigenvalue weighted by molar-refractivity contribution is 0.0952. The maximum absolute atomic E-state index is 12.0. The lowest BCUT2D eigenvalue weighted by atomic mass is 10.0. The predicted octanol–water partition coefficient (Wildman–Crippen LogP) is 1.43. The van der Waals surface area contributed by atoms with Gasteiger partial charge >= 0.3 is 0 Å². The first-order valence-corrected chi connectivity index (χ1v) is 7.75. The Hall–Kier alpha value is -1.76. The van der Waals surface area contributed by atoms with Crippen LogP contribution in [0, 0.1) is 0 Å². The van der Waals surface area contributed by atoms with Gasteiger partial charge in [-0.15, -0.1) is 16.4 Å². The third-order valence-electron chi connectivity index (χ3n) is 3.36. The molecule has 0 bridgehead atoms. The van der Waals surface area contributed by atoms with E-state index in [2.05, 4.69) is 20.6 Å². The largest absolute Gasteiger partial charge is 0.350 e. The average molecular weight is 291 g/mol. The van der Waals surface area contributed by atoms with Crippen LogP contribution in [-0.2, 0) is 19.4 Å². The third-order valence-corrected chi connectivity index (χ3v) is 4.52. The zero-order valence-corrected chi connectivity index (χ0v) is 12.0. The van der Waals surface area contributed by atoms with E-state index in [4.69, 9.17) is 0 Å². The van der Waals surface area contributed by atoms with Gasteiger partial charge in [0.25, 0.3) is 5.91 Å². The first kappa shape index (κ1) is 13.2. The molecular formula is C13H17N5OS. The van der Waals surface area contributed by atoms with Crippen LogP contribution in [-0.4, -0.2) is 32.4 Å². The Labute approximate surface area is 121 Å². The summed E-state index contributed by atoms with van der Waals surface area (Å²) in [6, 6.07) is 0. The molecule has 0 spiro atoms. The molecule has 6 nitrogen and oxygen atoms in total. The molecule has 3 rings (SSSR count). The Bertz CT molecular complexity index is 554. The summed E-state index contributed by atoms with van der Waals surface area (Å²) in [4.78, 5) is 17.8. The fourth-order valence-corrected chi connectivity index (χ4v) is 3.39. The maximum Gasteiger partial charge on any atom is 0.280 e. The summed E-state index contributed by atoms with van der Waals surface area (Å²) in [5.41, 5.74) is 1.13. The molecule has 0 aliphatic heterocycles. The van der Waals surface area contributed by atoms with Crippen molar-refractivity contribution in [2.45, 2.75) is 38.6 Å². The molecule has 20 heavy (non-hydrogen) atoms.